The van der Waals surface area contributed by atoms with Crippen molar-refractivity contribution >= 4 is 35.0 Å². The number of anilines is 2. The molecule has 0 saturated heterocycles. The lowest BCUT2D eigenvalue weighted by atomic mass is 10.2. The molecule has 2 amide bonds. The van der Waals surface area contributed by atoms with Gasteiger partial charge < -0.3 is 10.1 Å². The Morgan fingerprint density at radius 2 is 1.71 bits per heavy atom. The van der Waals surface area contributed by atoms with E-state index in [0.29, 0.717) is 11.4 Å². The summed E-state index contributed by atoms with van der Waals surface area (Å²) in [4.78, 5) is 30.6. The van der Waals surface area contributed by atoms with Crippen LogP contribution in [0.25, 0.3) is 0 Å². The monoisotopic (exact) mass is 306 g/mol. The molecule has 0 spiro atoms. The van der Waals surface area contributed by atoms with Crippen LogP contribution in [0.3, 0.4) is 0 Å². The molecule has 1 aromatic heterocycles. The van der Waals surface area contributed by atoms with Crippen LogP contribution < -0.4 is 10.6 Å². The minimum Gasteiger partial charge on any atom is -0.453 e. The molecule has 0 aliphatic carbocycles. The predicted molar refractivity (Wildman–Crippen MR) is 77.5 cm³/mol. The molecule has 0 radical (unpaired) electrons. The largest absolute Gasteiger partial charge is 0.453 e. The summed E-state index contributed by atoms with van der Waals surface area (Å²) < 4.78 is 4.47. The Balaban J connectivity index is 2.03. The summed E-state index contributed by atoms with van der Waals surface area (Å²) >= 11 is 5.67. The number of hydrogen-bond donors (Lipinski definition) is 2. The highest BCUT2D eigenvalue weighted by molar-refractivity contribution is 6.29. The quantitative estimate of drug-likeness (QED) is 0.909. The second-order valence-corrected chi connectivity index (χ2v) is 4.26. The molecule has 2 aromatic rings. The van der Waals surface area contributed by atoms with Crippen LogP contribution in [0.4, 0.5) is 16.2 Å². The van der Waals surface area contributed by atoms with Crippen molar-refractivity contribution in [1.29, 1.82) is 0 Å². The molecule has 0 aliphatic heterocycles. The molecule has 0 aliphatic rings. The smallest absolute Gasteiger partial charge is 0.411 e. The molecule has 7 nitrogen and oxygen atoms in total. The average molecular weight is 307 g/mol. The van der Waals surface area contributed by atoms with Crippen molar-refractivity contribution in [2.45, 2.75) is 0 Å². The highest BCUT2D eigenvalue weighted by atomic mass is 35.5. The molecule has 108 valence electrons. The van der Waals surface area contributed by atoms with Crippen molar-refractivity contribution in [3.8, 4) is 0 Å². The average Bonchev–Trinajstić information content (AvgIpc) is 2.49. The Kier molecular flexibility index (Phi) is 4.68. The fraction of sp³-hybridized carbons (Fsp3) is 0.0769. The fourth-order valence-corrected chi connectivity index (χ4v) is 1.60. The third kappa shape index (κ3) is 4.15. The molecule has 0 bridgehead atoms. The lowest BCUT2D eigenvalue weighted by Gasteiger charge is -2.07. The Hall–Kier alpha value is -2.67. The van der Waals surface area contributed by atoms with Crippen LogP contribution >= 0.6 is 11.6 Å². The maximum absolute atomic E-state index is 11.9. The SMILES string of the molecule is COC(=O)Nc1ccc(NC(=O)c2cncc(Cl)n2)cc1. The van der Waals surface area contributed by atoms with Gasteiger partial charge in [0.25, 0.3) is 5.91 Å². The van der Waals surface area contributed by atoms with Gasteiger partial charge in [-0.25, -0.2) is 9.78 Å². The highest BCUT2D eigenvalue weighted by Gasteiger charge is 2.09. The van der Waals surface area contributed by atoms with E-state index in [9.17, 15) is 9.59 Å². The minimum atomic E-state index is -0.569. The zero-order valence-electron chi connectivity index (χ0n) is 11.0. The molecule has 8 heteroatoms. The molecule has 0 atom stereocenters. The van der Waals surface area contributed by atoms with E-state index in [4.69, 9.17) is 11.6 Å². The molecule has 1 aromatic carbocycles. The number of aromatic nitrogens is 2. The third-order valence-corrected chi connectivity index (χ3v) is 2.59. The van der Waals surface area contributed by atoms with Crippen molar-refractivity contribution in [2.75, 3.05) is 17.7 Å². The summed E-state index contributed by atoms with van der Waals surface area (Å²) in [7, 11) is 1.27. The first kappa shape index (κ1) is 14.7. The van der Waals surface area contributed by atoms with E-state index >= 15 is 0 Å². The first-order valence-electron chi connectivity index (χ1n) is 5.82. The van der Waals surface area contributed by atoms with Crippen molar-refractivity contribution in [3.05, 3.63) is 47.5 Å². The van der Waals surface area contributed by atoms with Gasteiger partial charge in [0.1, 0.15) is 10.8 Å². The van der Waals surface area contributed by atoms with Gasteiger partial charge in [-0.3, -0.25) is 15.1 Å². The summed E-state index contributed by atoms with van der Waals surface area (Å²) in [6.45, 7) is 0. The number of ether oxygens (including phenoxy) is 1. The fourth-order valence-electron chi connectivity index (χ4n) is 1.45. The Labute approximate surface area is 125 Å². The Morgan fingerprint density at radius 1 is 1.10 bits per heavy atom. The number of carbonyl (C=O) groups excluding carboxylic acids is 2. The van der Waals surface area contributed by atoms with Crippen molar-refractivity contribution in [2.24, 2.45) is 0 Å². The van der Waals surface area contributed by atoms with Gasteiger partial charge in [0.15, 0.2) is 0 Å². The van der Waals surface area contributed by atoms with Crippen molar-refractivity contribution in [3.63, 3.8) is 0 Å². The number of nitrogens with one attached hydrogen (secondary N) is 2. The van der Waals surface area contributed by atoms with E-state index in [1.165, 1.54) is 19.5 Å². The zero-order valence-corrected chi connectivity index (χ0v) is 11.7. The normalized spacial score (nSPS) is 9.81. The van der Waals surface area contributed by atoms with E-state index < -0.39 is 12.0 Å². The van der Waals surface area contributed by atoms with Gasteiger partial charge in [-0.1, -0.05) is 11.6 Å². The van der Waals surface area contributed by atoms with Crippen LogP contribution in [-0.2, 0) is 4.74 Å². The number of methoxy groups -OCH3 is 1. The van der Waals surface area contributed by atoms with Gasteiger partial charge in [0, 0.05) is 11.4 Å². The Morgan fingerprint density at radius 3 is 2.29 bits per heavy atom. The second kappa shape index (κ2) is 6.67. The molecular formula is C13H11ClN4O3. The zero-order chi connectivity index (χ0) is 15.2. The van der Waals surface area contributed by atoms with Crippen molar-refractivity contribution < 1.29 is 14.3 Å². The van der Waals surface area contributed by atoms with Crippen LogP contribution in [0.5, 0.6) is 0 Å². The van der Waals surface area contributed by atoms with Gasteiger partial charge in [0.05, 0.1) is 19.5 Å². The summed E-state index contributed by atoms with van der Waals surface area (Å²) in [6.07, 6.45) is 2.08. The molecule has 2 N–H and O–H groups in total. The summed E-state index contributed by atoms with van der Waals surface area (Å²) in [6, 6.07) is 6.49. The predicted octanol–water partition coefficient (Wildman–Crippen LogP) is 2.56. The summed E-state index contributed by atoms with van der Waals surface area (Å²) in [5.74, 6) is -0.432. The summed E-state index contributed by atoms with van der Waals surface area (Å²) in [5.41, 5.74) is 1.19. The maximum atomic E-state index is 11.9. The van der Waals surface area contributed by atoms with E-state index in [-0.39, 0.29) is 10.8 Å². The second-order valence-electron chi connectivity index (χ2n) is 3.88. The molecule has 0 unspecified atom stereocenters. The number of amides is 2. The maximum Gasteiger partial charge on any atom is 0.411 e. The molecule has 0 fully saturated rings. The minimum absolute atomic E-state index is 0.110. The number of benzene rings is 1. The molecule has 1 heterocycles. The van der Waals surface area contributed by atoms with E-state index in [0.717, 1.165) is 0 Å². The number of rotatable bonds is 3. The number of nitrogens with zero attached hydrogens (tertiary/aromatic N) is 2. The lowest BCUT2D eigenvalue weighted by Crippen LogP contribution is -2.14. The van der Waals surface area contributed by atoms with E-state index in [1.807, 2.05) is 0 Å². The van der Waals surface area contributed by atoms with Gasteiger partial charge in [0.2, 0.25) is 0 Å². The lowest BCUT2D eigenvalue weighted by molar-refractivity contribution is 0.102. The van der Waals surface area contributed by atoms with E-state index in [2.05, 4.69) is 25.3 Å². The first-order valence-corrected chi connectivity index (χ1v) is 6.20. The first-order chi connectivity index (χ1) is 10.1. The van der Waals surface area contributed by atoms with Gasteiger partial charge in [-0.2, -0.15) is 0 Å². The topological polar surface area (TPSA) is 93.2 Å². The van der Waals surface area contributed by atoms with Crippen LogP contribution in [0.15, 0.2) is 36.7 Å². The van der Waals surface area contributed by atoms with Crippen LogP contribution in [0, 0.1) is 0 Å². The van der Waals surface area contributed by atoms with Crippen LogP contribution in [-0.4, -0.2) is 29.1 Å². The van der Waals surface area contributed by atoms with Crippen LogP contribution in [0.1, 0.15) is 10.5 Å². The molecule has 0 saturated carbocycles. The number of carbonyl (C=O) groups is 2. The van der Waals surface area contributed by atoms with E-state index in [1.54, 1.807) is 24.3 Å². The van der Waals surface area contributed by atoms with Crippen molar-refractivity contribution in [1.82, 2.24) is 9.97 Å². The third-order valence-electron chi connectivity index (χ3n) is 2.41. The van der Waals surface area contributed by atoms with Gasteiger partial charge in [-0.05, 0) is 24.3 Å². The molecule has 21 heavy (non-hydrogen) atoms. The summed E-state index contributed by atoms with van der Waals surface area (Å²) in [5, 5.41) is 5.27. The number of halogens is 1. The Bertz CT molecular complexity index is 661. The molecule has 2 rings (SSSR count). The number of hydrogen-bond acceptors (Lipinski definition) is 5. The molecular weight excluding hydrogens is 296 g/mol. The standard InChI is InChI=1S/C13H11ClN4O3/c1-21-13(20)17-9-4-2-8(3-5-9)16-12(19)10-6-15-7-11(14)18-10/h2-7H,1H3,(H,16,19)(H,17,20). The van der Waals surface area contributed by atoms with Gasteiger partial charge >= 0.3 is 6.09 Å². The van der Waals surface area contributed by atoms with Crippen LogP contribution in [0.2, 0.25) is 5.15 Å². The highest BCUT2D eigenvalue weighted by Crippen LogP contribution is 2.14. The van der Waals surface area contributed by atoms with Gasteiger partial charge in [-0.15, -0.1) is 0 Å².